The largest absolute Gasteiger partial charge is 0.496 e. The second-order valence-corrected chi connectivity index (χ2v) is 5.90. The van der Waals surface area contributed by atoms with Crippen LogP contribution in [0.2, 0.25) is 0 Å². The quantitative estimate of drug-likeness (QED) is 0.739. The molecule has 1 atom stereocenters. The number of hydrogen-bond acceptors (Lipinski definition) is 5. The molecular formula is C18H25NO5. The molecule has 0 unspecified atom stereocenters. The number of esters is 1. The molecule has 1 N–H and O–H groups in total. The standard InChI is InChI=1S/C18H25NO5/c1-5-23-16(20)14-11-13(9-10-15(14)22-4)19-17(21)18(3,24-6-2)12-7-8-12/h9-12H,5-8H2,1-4H3,(H,19,21)/t18-/m0/s1. The summed E-state index contributed by atoms with van der Waals surface area (Å²) in [6.07, 6.45) is 1.97. The number of ether oxygens (including phenoxy) is 3. The van der Waals surface area contributed by atoms with Crippen molar-refractivity contribution >= 4 is 17.6 Å². The van der Waals surface area contributed by atoms with E-state index in [9.17, 15) is 9.59 Å². The van der Waals surface area contributed by atoms with Gasteiger partial charge in [-0.2, -0.15) is 0 Å². The monoisotopic (exact) mass is 335 g/mol. The fourth-order valence-corrected chi connectivity index (χ4v) is 2.71. The molecule has 6 nitrogen and oxygen atoms in total. The van der Waals surface area contributed by atoms with Gasteiger partial charge in [0.15, 0.2) is 0 Å². The minimum Gasteiger partial charge on any atom is -0.496 e. The zero-order valence-electron chi connectivity index (χ0n) is 14.7. The number of benzene rings is 1. The lowest BCUT2D eigenvalue weighted by atomic mass is 9.98. The number of carbonyl (C=O) groups excluding carboxylic acids is 2. The van der Waals surface area contributed by atoms with Crippen LogP contribution in [-0.4, -0.2) is 37.8 Å². The molecule has 1 amide bonds. The van der Waals surface area contributed by atoms with Crippen molar-refractivity contribution in [1.82, 2.24) is 0 Å². The zero-order chi connectivity index (χ0) is 17.7. The molecule has 2 rings (SSSR count). The number of nitrogens with one attached hydrogen (secondary N) is 1. The Balaban J connectivity index is 2.21. The van der Waals surface area contributed by atoms with Gasteiger partial charge in [-0.1, -0.05) is 0 Å². The molecule has 132 valence electrons. The summed E-state index contributed by atoms with van der Waals surface area (Å²) in [5.74, 6) is -0.0477. The van der Waals surface area contributed by atoms with Crippen molar-refractivity contribution in [3.63, 3.8) is 0 Å². The number of rotatable bonds is 8. The smallest absolute Gasteiger partial charge is 0.341 e. The van der Waals surface area contributed by atoms with E-state index in [4.69, 9.17) is 14.2 Å². The Morgan fingerprint density at radius 1 is 1.25 bits per heavy atom. The SMILES string of the molecule is CCOC(=O)c1cc(NC(=O)[C@@](C)(OCC)C2CC2)ccc1OC. The van der Waals surface area contributed by atoms with Crippen molar-refractivity contribution < 1.29 is 23.8 Å². The van der Waals surface area contributed by atoms with E-state index in [2.05, 4.69) is 5.32 Å². The van der Waals surface area contributed by atoms with Gasteiger partial charge in [-0.05, 0) is 57.7 Å². The molecule has 24 heavy (non-hydrogen) atoms. The topological polar surface area (TPSA) is 73.9 Å². The molecule has 0 radical (unpaired) electrons. The highest BCUT2D eigenvalue weighted by atomic mass is 16.5. The average molecular weight is 335 g/mol. The first-order valence-corrected chi connectivity index (χ1v) is 8.26. The predicted octanol–water partition coefficient (Wildman–Crippen LogP) is 3.02. The Kier molecular flexibility index (Phi) is 5.83. The van der Waals surface area contributed by atoms with Gasteiger partial charge in [0.2, 0.25) is 0 Å². The molecule has 0 spiro atoms. The molecule has 0 heterocycles. The summed E-state index contributed by atoms with van der Waals surface area (Å²) in [6.45, 7) is 6.17. The van der Waals surface area contributed by atoms with Crippen LogP contribution >= 0.6 is 0 Å². The Hall–Kier alpha value is -2.08. The van der Waals surface area contributed by atoms with Crippen LogP contribution in [0.25, 0.3) is 0 Å². The maximum atomic E-state index is 12.7. The van der Waals surface area contributed by atoms with Crippen LogP contribution in [0, 0.1) is 5.92 Å². The molecule has 1 saturated carbocycles. The third-order valence-electron chi connectivity index (χ3n) is 4.20. The molecular weight excluding hydrogens is 310 g/mol. The van der Waals surface area contributed by atoms with Crippen LogP contribution in [0.4, 0.5) is 5.69 Å². The lowest BCUT2D eigenvalue weighted by molar-refractivity contribution is -0.141. The first kappa shape index (κ1) is 18.3. The molecule has 0 aromatic heterocycles. The first-order valence-electron chi connectivity index (χ1n) is 8.26. The fourth-order valence-electron chi connectivity index (χ4n) is 2.71. The van der Waals surface area contributed by atoms with E-state index in [0.29, 0.717) is 18.0 Å². The van der Waals surface area contributed by atoms with Crippen molar-refractivity contribution in [3.05, 3.63) is 23.8 Å². The van der Waals surface area contributed by atoms with Crippen molar-refractivity contribution in [2.24, 2.45) is 5.92 Å². The van der Waals surface area contributed by atoms with Gasteiger partial charge in [0.05, 0.1) is 13.7 Å². The average Bonchev–Trinajstić information content (AvgIpc) is 3.40. The van der Waals surface area contributed by atoms with E-state index < -0.39 is 11.6 Å². The lowest BCUT2D eigenvalue weighted by Gasteiger charge is -2.28. The fraction of sp³-hybridized carbons (Fsp3) is 0.556. The summed E-state index contributed by atoms with van der Waals surface area (Å²) in [5.41, 5.74) is -0.0594. The van der Waals surface area contributed by atoms with E-state index in [1.54, 1.807) is 25.1 Å². The molecule has 1 aromatic carbocycles. The normalized spacial score (nSPS) is 16.2. The second kappa shape index (κ2) is 7.66. The summed E-state index contributed by atoms with van der Waals surface area (Å²) in [7, 11) is 1.48. The Morgan fingerprint density at radius 2 is 1.96 bits per heavy atom. The van der Waals surface area contributed by atoms with Crippen LogP contribution < -0.4 is 10.1 Å². The van der Waals surface area contributed by atoms with E-state index in [0.717, 1.165) is 12.8 Å². The van der Waals surface area contributed by atoms with Gasteiger partial charge in [-0.3, -0.25) is 4.79 Å². The third kappa shape index (κ3) is 3.87. The Bertz CT molecular complexity index is 611. The highest BCUT2D eigenvalue weighted by Gasteiger charge is 2.48. The highest BCUT2D eigenvalue weighted by Crippen LogP contribution is 2.42. The van der Waals surface area contributed by atoms with Crippen molar-refractivity contribution in [3.8, 4) is 5.75 Å². The maximum Gasteiger partial charge on any atom is 0.341 e. The van der Waals surface area contributed by atoms with E-state index in [-0.39, 0.29) is 24.0 Å². The van der Waals surface area contributed by atoms with Gasteiger partial charge in [0.1, 0.15) is 16.9 Å². The first-order chi connectivity index (χ1) is 11.5. The van der Waals surface area contributed by atoms with E-state index >= 15 is 0 Å². The van der Waals surface area contributed by atoms with Gasteiger partial charge < -0.3 is 19.5 Å². The minimum absolute atomic E-state index is 0.202. The number of anilines is 1. The van der Waals surface area contributed by atoms with E-state index in [1.807, 2.05) is 13.8 Å². The number of methoxy groups -OCH3 is 1. The molecule has 1 fully saturated rings. The van der Waals surface area contributed by atoms with Crippen LogP contribution in [-0.2, 0) is 14.3 Å². The minimum atomic E-state index is -0.848. The summed E-state index contributed by atoms with van der Waals surface area (Å²) in [4.78, 5) is 24.7. The molecule has 1 aliphatic rings. The molecule has 0 aliphatic heterocycles. The number of hydrogen-bond donors (Lipinski definition) is 1. The van der Waals surface area contributed by atoms with Crippen molar-refractivity contribution in [1.29, 1.82) is 0 Å². The van der Waals surface area contributed by atoms with Crippen molar-refractivity contribution in [2.45, 2.75) is 39.2 Å². The third-order valence-corrected chi connectivity index (χ3v) is 4.20. The molecule has 1 aromatic rings. The van der Waals surface area contributed by atoms with Gasteiger partial charge >= 0.3 is 5.97 Å². The summed E-state index contributed by atoms with van der Waals surface area (Å²) >= 11 is 0. The highest BCUT2D eigenvalue weighted by molar-refractivity contribution is 6.00. The number of amides is 1. The van der Waals surface area contributed by atoms with Gasteiger partial charge in [-0.25, -0.2) is 4.79 Å². The van der Waals surface area contributed by atoms with E-state index in [1.165, 1.54) is 7.11 Å². The Morgan fingerprint density at radius 3 is 2.50 bits per heavy atom. The number of carbonyl (C=O) groups is 2. The maximum absolute atomic E-state index is 12.7. The van der Waals surface area contributed by atoms with Crippen LogP contribution in [0.3, 0.4) is 0 Å². The Labute approximate surface area is 142 Å². The van der Waals surface area contributed by atoms with Crippen molar-refractivity contribution in [2.75, 3.05) is 25.6 Å². The molecule has 0 bridgehead atoms. The van der Waals surface area contributed by atoms with Crippen LogP contribution in [0.1, 0.15) is 44.0 Å². The zero-order valence-corrected chi connectivity index (χ0v) is 14.7. The van der Waals surface area contributed by atoms with Crippen LogP contribution in [0.5, 0.6) is 5.75 Å². The molecule has 6 heteroatoms. The second-order valence-electron chi connectivity index (χ2n) is 5.90. The lowest BCUT2D eigenvalue weighted by Crippen LogP contribution is -2.44. The predicted molar refractivity (Wildman–Crippen MR) is 90.3 cm³/mol. The summed E-state index contributed by atoms with van der Waals surface area (Å²) < 4.78 is 15.9. The van der Waals surface area contributed by atoms with Gasteiger partial charge in [-0.15, -0.1) is 0 Å². The molecule has 1 aliphatic carbocycles. The van der Waals surface area contributed by atoms with Gasteiger partial charge in [0.25, 0.3) is 5.91 Å². The summed E-state index contributed by atoms with van der Waals surface area (Å²) in [5, 5.41) is 2.85. The van der Waals surface area contributed by atoms with Gasteiger partial charge in [0, 0.05) is 12.3 Å². The summed E-state index contributed by atoms with van der Waals surface area (Å²) in [6, 6.07) is 4.89. The van der Waals surface area contributed by atoms with Crippen LogP contribution in [0.15, 0.2) is 18.2 Å². The molecule has 0 saturated heterocycles.